The van der Waals surface area contributed by atoms with Gasteiger partial charge < -0.3 is 10.0 Å². The lowest BCUT2D eigenvalue weighted by atomic mass is 9.76. The normalized spacial score (nSPS) is 18.4. The van der Waals surface area contributed by atoms with Crippen LogP contribution in [0, 0.1) is 28.6 Å². The fourth-order valence-electron chi connectivity index (χ4n) is 3.92. The van der Waals surface area contributed by atoms with Crippen LogP contribution in [0.15, 0.2) is 53.3 Å². The van der Waals surface area contributed by atoms with Crippen LogP contribution in [0.3, 0.4) is 0 Å². The molecule has 0 bridgehead atoms. The average Bonchev–Trinajstić information content (AvgIpc) is 3.26. The molecule has 8 nitrogen and oxygen atoms in total. The Labute approximate surface area is 179 Å². The highest BCUT2D eigenvalue weighted by Crippen LogP contribution is 2.42. The maximum absolute atomic E-state index is 10.1. The number of fused-ring (bicyclic) bond motifs is 1. The first-order valence-electron chi connectivity index (χ1n) is 9.88. The maximum atomic E-state index is 10.1. The largest absolute Gasteiger partial charge is 0.395 e. The fourth-order valence-corrected chi connectivity index (χ4v) is 3.92. The second kappa shape index (κ2) is 8.39. The topological polar surface area (TPSA) is 125 Å². The summed E-state index contributed by atoms with van der Waals surface area (Å²) in [4.78, 5) is 10.9. The number of nitrogens with zero attached hydrogens (tertiary/aromatic N) is 6. The molecule has 1 aliphatic rings. The first-order chi connectivity index (χ1) is 15.1. The fraction of sp³-hybridized carbons (Fsp3) is 0.261. The van der Waals surface area contributed by atoms with Gasteiger partial charge >= 0.3 is 0 Å². The molecule has 8 heteroatoms. The first kappa shape index (κ1) is 20.3. The van der Waals surface area contributed by atoms with Gasteiger partial charge in [-0.05, 0) is 36.8 Å². The Kier molecular flexibility index (Phi) is 5.48. The van der Waals surface area contributed by atoms with Gasteiger partial charge in [0.05, 0.1) is 47.6 Å². The van der Waals surface area contributed by atoms with E-state index in [-0.39, 0.29) is 6.61 Å². The average molecular weight is 411 g/mol. The standard InChI is InChI=1S/C23H21N7O/c1-14-18(11-24)22(15-3-4-20-17(9-15)13-27-29-20)19(12-25)23(28-14)16-5-6-26-21(10-16)30(2)7-8-31/h3-6,9-10,13,18,22,31H,7-8H2,1-2H3,(H,27,29). The molecule has 31 heavy (non-hydrogen) atoms. The molecular weight excluding hydrogens is 390 g/mol. The van der Waals surface area contributed by atoms with E-state index in [2.05, 4.69) is 32.3 Å². The number of allylic oxidation sites excluding steroid dienone is 1. The molecule has 154 valence electrons. The lowest BCUT2D eigenvalue weighted by Gasteiger charge is -2.28. The number of H-pyrrole nitrogens is 1. The number of likely N-dealkylation sites (N-methyl/N-ethyl adjacent to an activating group) is 1. The van der Waals surface area contributed by atoms with Crippen molar-refractivity contribution in [3.8, 4) is 12.1 Å². The Balaban J connectivity index is 1.87. The van der Waals surface area contributed by atoms with Crippen LogP contribution < -0.4 is 4.90 Å². The number of anilines is 1. The van der Waals surface area contributed by atoms with Crippen molar-refractivity contribution in [2.75, 3.05) is 25.1 Å². The van der Waals surface area contributed by atoms with E-state index in [1.807, 2.05) is 49.2 Å². The molecule has 3 heterocycles. The van der Waals surface area contributed by atoms with E-state index in [0.717, 1.165) is 22.0 Å². The van der Waals surface area contributed by atoms with E-state index in [1.165, 1.54) is 0 Å². The first-order valence-corrected chi connectivity index (χ1v) is 9.88. The highest BCUT2D eigenvalue weighted by atomic mass is 16.3. The molecule has 2 aromatic heterocycles. The number of rotatable bonds is 5. The van der Waals surface area contributed by atoms with E-state index in [0.29, 0.717) is 29.3 Å². The van der Waals surface area contributed by atoms with Crippen LogP contribution in [0.25, 0.3) is 16.6 Å². The molecule has 0 radical (unpaired) electrons. The van der Waals surface area contributed by atoms with E-state index < -0.39 is 11.8 Å². The number of aliphatic hydroxyl groups is 1. The minimum absolute atomic E-state index is 0.00816. The predicted molar refractivity (Wildman–Crippen MR) is 118 cm³/mol. The van der Waals surface area contributed by atoms with Crippen LogP contribution in [0.5, 0.6) is 0 Å². The lowest BCUT2D eigenvalue weighted by molar-refractivity contribution is 0.304. The Morgan fingerprint density at radius 2 is 2.06 bits per heavy atom. The molecule has 1 aromatic carbocycles. The molecular formula is C23H21N7O. The van der Waals surface area contributed by atoms with Gasteiger partial charge in [-0.1, -0.05) is 6.07 Å². The molecule has 2 atom stereocenters. The molecule has 0 amide bonds. The molecule has 3 aromatic rings. The van der Waals surface area contributed by atoms with E-state index >= 15 is 0 Å². The predicted octanol–water partition coefficient (Wildman–Crippen LogP) is 3.02. The lowest BCUT2D eigenvalue weighted by Crippen LogP contribution is -2.25. The van der Waals surface area contributed by atoms with Crippen molar-refractivity contribution in [2.24, 2.45) is 10.9 Å². The number of aliphatic imine (C=N–C) groups is 1. The third kappa shape index (κ3) is 3.65. The van der Waals surface area contributed by atoms with Gasteiger partial charge in [-0.25, -0.2) is 4.98 Å². The molecule has 0 spiro atoms. The SMILES string of the molecule is CC1=NC(c2ccnc(N(C)CCO)c2)=C(C#N)C(c2ccc3[nH]ncc3c2)C1C#N. The number of aromatic nitrogens is 3. The van der Waals surface area contributed by atoms with Crippen molar-refractivity contribution in [3.63, 3.8) is 0 Å². The van der Waals surface area contributed by atoms with Gasteiger partial charge in [0.1, 0.15) is 5.82 Å². The third-order valence-electron chi connectivity index (χ3n) is 5.57. The van der Waals surface area contributed by atoms with Crippen molar-refractivity contribution in [3.05, 3.63) is 59.4 Å². The van der Waals surface area contributed by atoms with E-state index in [9.17, 15) is 15.6 Å². The van der Waals surface area contributed by atoms with Crippen molar-refractivity contribution < 1.29 is 5.11 Å². The summed E-state index contributed by atoms with van der Waals surface area (Å²) in [5.41, 5.74) is 4.17. The molecule has 0 fully saturated rings. The molecule has 0 saturated carbocycles. The second-order valence-electron chi connectivity index (χ2n) is 7.48. The van der Waals surface area contributed by atoms with Gasteiger partial charge in [0.2, 0.25) is 0 Å². The van der Waals surface area contributed by atoms with E-state index in [4.69, 9.17) is 0 Å². The minimum atomic E-state index is -0.541. The third-order valence-corrected chi connectivity index (χ3v) is 5.57. The Hall–Kier alpha value is -4.01. The van der Waals surface area contributed by atoms with Crippen molar-refractivity contribution in [1.29, 1.82) is 10.5 Å². The zero-order valence-electron chi connectivity index (χ0n) is 17.2. The van der Waals surface area contributed by atoms with Gasteiger partial charge in [-0.2, -0.15) is 15.6 Å². The summed E-state index contributed by atoms with van der Waals surface area (Å²) in [5, 5.41) is 37.2. The van der Waals surface area contributed by atoms with Gasteiger partial charge in [0, 0.05) is 42.4 Å². The van der Waals surface area contributed by atoms with E-state index in [1.54, 1.807) is 12.4 Å². The summed E-state index contributed by atoms with van der Waals surface area (Å²) in [6.45, 7) is 2.27. The van der Waals surface area contributed by atoms with Crippen molar-refractivity contribution in [2.45, 2.75) is 12.8 Å². The number of hydrogen-bond acceptors (Lipinski definition) is 7. The van der Waals surface area contributed by atoms with Crippen LogP contribution in [-0.2, 0) is 0 Å². The van der Waals surface area contributed by atoms with Gasteiger partial charge in [-0.15, -0.1) is 0 Å². The number of hydrogen-bond donors (Lipinski definition) is 2. The molecule has 0 saturated heterocycles. The van der Waals surface area contributed by atoms with Gasteiger partial charge in [-0.3, -0.25) is 10.1 Å². The molecule has 2 N–H and O–H groups in total. The number of pyridine rings is 1. The molecule has 2 unspecified atom stereocenters. The summed E-state index contributed by atoms with van der Waals surface area (Å²) < 4.78 is 0. The summed E-state index contributed by atoms with van der Waals surface area (Å²) in [7, 11) is 1.84. The number of benzene rings is 1. The maximum Gasteiger partial charge on any atom is 0.128 e. The summed E-state index contributed by atoms with van der Waals surface area (Å²) in [6.07, 6.45) is 3.39. The summed E-state index contributed by atoms with van der Waals surface area (Å²) in [6, 6.07) is 14.1. The van der Waals surface area contributed by atoms with Crippen LogP contribution in [-0.4, -0.2) is 46.2 Å². The molecule has 4 rings (SSSR count). The number of aliphatic hydroxyl groups excluding tert-OH is 1. The highest BCUT2D eigenvalue weighted by Gasteiger charge is 2.35. The molecule has 1 aliphatic heterocycles. The van der Waals surface area contributed by atoms with Crippen molar-refractivity contribution in [1.82, 2.24) is 15.2 Å². The zero-order chi connectivity index (χ0) is 22.0. The van der Waals surface area contributed by atoms with Crippen molar-refractivity contribution >= 4 is 28.1 Å². The number of nitriles is 2. The number of nitrogens with one attached hydrogen (secondary N) is 1. The smallest absolute Gasteiger partial charge is 0.128 e. The van der Waals surface area contributed by atoms with Crippen LogP contribution >= 0.6 is 0 Å². The monoisotopic (exact) mass is 411 g/mol. The summed E-state index contributed by atoms with van der Waals surface area (Å²) >= 11 is 0. The van der Waals surface area contributed by atoms with Crippen LogP contribution in [0.1, 0.15) is 24.0 Å². The Morgan fingerprint density at radius 3 is 2.81 bits per heavy atom. The highest BCUT2D eigenvalue weighted by molar-refractivity contribution is 5.97. The Bertz CT molecular complexity index is 1270. The van der Waals surface area contributed by atoms with Crippen LogP contribution in [0.2, 0.25) is 0 Å². The number of aromatic amines is 1. The van der Waals surface area contributed by atoms with Gasteiger partial charge in [0.15, 0.2) is 0 Å². The zero-order valence-corrected chi connectivity index (χ0v) is 17.2. The summed E-state index contributed by atoms with van der Waals surface area (Å²) in [5.74, 6) is -0.308. The van der Waals surface area contributed by atoms with Gasteiger partial charge in [0.25, 0.3) is 0 Å². The Morgan fingerprint density at radius 1 is 1.23 bits per heavy atom. The van der Waals surface area contributed by atoms with Crippen LogP contribution in [0.4, 0.5) is 5.82 Å². The minimum Gasteiger partial charge on any atom is -0.395 e. The molecule has 0 aliphatic carbocycles. The quantitative estimate of drug-likeness (QED) is 0.665. The second-order valence-corrected chi connectivity index (χ2v) is 7.48.